The van der Waals surface area contributed by atoms with Crippen molar-refractivity contribution in [3.05, 3.63) is 29.3 Å². The molecular weight excluding hydrogens is 264 g/mol. The third kappa shape index (κ3) is 3.56. The average Bonchev–Trinajstić information content (AvgIpc) is 3.32. The molecule has 1 aromatic rings. The Hall–Kier alpha value is -1.55. The Morgan fingerprint density at radius 3 is 2.62 bits per heavy atom. The SMILES string of the molecule is Cc1cc(C(=O)N2CCC(NCC3CC3)CC2)ccc1O. The highest BCUT2D eigenvalue weighted by Gasteiger charge is 2.26. The van der Waals surface area contributed by atoms with Gasteiger partial charge in [-0.05, 0) is 68.8 Å². The van der Waals surface area contributed by atoms with E-state index in [-0.39, 0.29) is 11.7 Å². The number of rotatable bonds is 4. The second-order valence-corrected chi connectivity index (χ2v) is 6.42. The van der Waals surface area contributed by atoms with Crippen LogP contribution >= 0.6 is 0 Å². The molecule has 0 spiro atoms. The number of phenolic OH excluding ortho intramolecular Hbond substituents is 1. The van der Waals surface area contributed by atoms with Gasteiger partial charge in [-0.15, -0.1) is 0 Å². The van der Waals surface area contributed by atoms with Crippen LogP contribution in [0.4, 0.5) is 0 Å². The molecule has 0 aromatic heterocycles. The second kappa shape index (κ2) is 6.06. The minimum atomic E-state index is 0.0822. The largest absolute Gasteiger partial charge is 0.508 e. The van der Waals surface area contributed by atoms with Crippen LogP contribution in [0.15, 0.2) is 18.2 Å². The number of amides is 1. The van der Waals surface area contributed by atoms with Crippen LogP contribution in [0.2, 0.25) is 0 Å². The molecule has 1 saturated carbocycles. The van der Waals surface area contributed by atoms with Gasteiger partial charge in [0, 0.05) is 24.7 Å². The standard InChI is InChI=1S/C17H24N2O2/c1-12-10-14(4-5-16(12)20)17(21)19-8-6-15(7-9-19)18-11-13-2-3-13/h4-5,10,13,15,18,20H,2-3,6-9,11H2,1H3. The van der Waals surface area contributed by atoms with E-state index in [2.05, 4.69) is 5.32 Å². The fourth-order valence-electron chi connectivity index (χ4n) is 2.91. The van der Waals surface area contributed by atoms with E-state index in [1.807, 2.05) is 11.8 Å². The van der Waals surface area contributed by atoms with Gasteiger partial charge in [0.25, 0.3) is 5.91 Å². The van der Waals surface area contributed by atoms with Crippen LogP contribution in [-0.4, -0.2) is 41.6 Å². The zero-order chi connectivity index (χ0) is 14.8. The molecular formula is C17H24N2O2. The molecule has 0 unspecified atom stereocenters. The Bertz CT molecular complexity index is 518. The molecule has 3 rings (SSSR count). The van der Waals surface area contributed by atoms with Crippen LogP contribution in [0, 0.1) is 12.8 Å². The molecule has 0 radical (unpaired) electrons. The lowest BCUT2D eigenvalue weighted by Crippen LogP contribution is -2.45. The van der Waals surface area contributed by atoms with E-state index in [1.165, 1.54) is 12.8 Å². The van der Waals surface area contributed by atoms with Gasteiger partial charge < -0.3 is 15.3 Å². The molecule has 2 N–H and O–H groups in total. The number of benzene rings is 1. The quantitative estimate of drug-likeness (QED) is 0.894. The topological polar surface area (TPSA) is 52.6 Å². The smallest absolute Gasteiger partial charge is 0.253 e. The Balaban J connectivity index is 1.52. The number of likely N-dealkylation sites (tertiary alicyclic amines) is 1. The van der Waals surface area contributed by atoms with Crippen LogP contribution in [0.5, 0.6) is 5.75 Å². The molecule has 1 aliphatic heterocycles. The number of carbonyl (C=O) groups is 1. The lowest BCUT2D eigenvalue weighted by Gasteiger charge is -2.32. The summed E-state index contributed by atoms with van der Waals surface area (Å²) < 4.78 is 0. The van der Waals surface area contributed by atoms with E-state index in [1.54, 1.807) is 18.2 Å². The molecule has 1 amide bonds. The van der Waals surface area contributed by atoms with Crippen LogP contribution in [0.3, 0.4) is 0 Å². The van der Waals surface area contributed by atoms with Gasteiger partial charge in [0.1, 0.15) is 5.75 Å². The third-order valence-corrected chi connectivity index (χ3v) is 4.62. The maximum atomic E-state index is 12.5. The van der Waals surface area contributed by atoms with Gasteiger partial charge in [-0.25, -0.2) is 0 Å². The number of hydrogen-bond acceptors (Lipinski definition) is 3. The summed E-state index contributed by atoms with van der Waals surface area (Å²) in [5.41, 5.74) is 1.43. The normalized spacial score (nSPS) is 19.8. The molecule has 4 nitrogen and oxygen atoms in total. The molecule has 114 valence electrons. The van der Waals surface area contributed by atoms with Crippen LogP contribution in [-0.2, 0) is 0 Å². The van der Waals surface area contributed by atoms with Crippen molar-refractivity contribution in [1.29, 1.82) is 0 Å². The van der Waals surface area contributed by atoms with E-state index < -0.39 is 0 Å². The van der Waals surface area contributed by atoms with Gasteiger partial charge in [0.05, 0.1) is 0 Å². The van der Waals surface area contributed by atoms with Gasteiger partial charge >= 0.3 is 0 Å². The molecule has 1 heterocycles. The van der Waals surface area contributed by atoms with Crippen LogP contribution in [0.1, 0.15) is 41.6 Å². The predicted octanol–water partition coefficient (Wildman–Crippen LogP) is 2.30. The molecule has 0 atom stereocenters. The van der Waals surface area contributed by atoms with Crippen molar-refractivity contribution in [3.8, 4) is 5.75 Å². The van der Waals surface area contributed by atoms with Crippen molar-refractivity contribution in [2.45, 2.75) is 38.6 Å². The Labute approximate surface area is 126 Å². The van der Waals surface area contributed by atoms with Crippen molar-refractivity contribution >= 4 is 5.91 Å². The molecule has 1 aliphatic carbocycles. The van der Waals surface area contributed by atoms with Crippen molar-refractivity contribution in [2.24, 2.45) is 5.92 Å². The first-order valence-electron chi connectivity index (χ1n) is 7.96. The first-order chi connectivity index (χ1) is 10.1. The summed E-state index contributed by atoms with van der Waals surface area (Å²) in [6.45, 7) is 4.61. The van der Waals surface area contributed by atoms with E-state index in [0.29, 0.717) is 11.6 Å². The van der Waals surface area contributed by atoms with Crippen molar-refractivity contribution < 1.29 is 9.90 Å². The van der Waals surface area contributed by atoms with E-state index >= 15 is 0 Å². The summed E-state index contributed by atoms with van der Waals surface area (Å²) in [7, 11) is 0. The number of aryl methyl sites for hydroxylation is 1. The summed E-state index contributed by atoms with van der Waals surface area (Å²) in [4.78, 5) is 14.4. The molecule has 2 aliphatic rings. The molecule has 2 fully saturated rings. The summed E-state index contributed by atoms with van der Waals surface area (Å²) in [6, 6.07) is 5.65. The van der Waals surface area contributed by atoms with Crippen LogP contribution < -0.4 is 5.32 Å². The van der Waals surface area contributed by atoms with Crippen molar-refractivity contribution in [2.75, 3.05) is 19.6 Å². The molecule has 1 aromatic carbocycles. The first kappa shape index (κ1) is 14.4. The fourth-order valence-corrected chi connectivity index (χ4v) is 2.91. The van der Waals surface area contributed by atoms with Gasteiger partial charge in [0.15, 0.2) is 0 Å². The minimum absolute atomic E-state index is 0.0822. The first-order valence-corrected chi connectivity index (χ1v) is 7.96. The second-order valence-electron chi connectivity index (χ2n) is 6.42. The van der Waals surface area contributed by atoms with Gasteiger partial charge in [0.2, 0.25) is 0 Å². The van der Waals surface area contributed by atoms with Gasteiger partial charge in [-0.3, -0.25) is 4.79 Å². The van der Waals surface area contributed by atoms with Crippen molar-refractivity contribution in [3.63, 3.8) is 0 Å². The summed E-state index contributed by atoms with van der Waals surface area (Å²) >= 11 is 0. The Morgan fingerprint density at radius 1 is 1.29 bits per heavy atom. The maximum absolute atomic E-state index is 12.5. The van der Waals surface area contributed by atoms with Crippen LogP contribution in [0.25, 0.3) is 0 Å². The van der Waals surface area contributed by atoms with Gasteiger partial charge in [-0.2, -0.15) is 0 Å². The number of piperidine rings is 1. The summed E-state index contributed by atoms with van der Waals surface area (Å²) in [5.74, 6) is 1.23. The maximum Gasteiger partial charge on any atom is 0.253 e. The number of carbonyl (C=O) groups excluding carboxylic acids is 1. The monoisotopic (exact) mass is 288 g/mol. The summed E-state index contributed by atoms with van der Waals surface area (Å²) in [6.07, 6.45) is 4.83. The number of nitrogens with zero attached hydrogens (tertiary/aromatic N) is 1. The number of nitrogens with one attached hydrogen (secondary N) is 1. The van der Waals surface area contributed by atoms with E-state index in [0.717, 1.165) is 44.0 Å². The van der Waals surface area contributed by atoms with Gasteiger partial charge in [-0.1, -0.05) is 0 Å². The molecule has 4 heteroatoms. The Morgan fingerprint density at radius 2 is 2.00 bits per heavy atom. The zero-order valence-electron chi connectivity index (χ0n) is 12.6. The lowest BCUT2D eigenvalue weighted by molar-refractivity contribution is 0.0705. The minimum Gasteiger partial charge on any atom is -0.508 e. The molecule has 0 bridgehead atoms. The highest BCUT2D eigenvalue weighted by atomic mass is 16.3. The number of hydrogen-bond donors (Lipinski definition) is 2. The summed E-state index contributed by atoms with van der Waals surface area (Å²) in [5, 5.41) is 13.2. The molecule has 1 saturated heterocycles. The fraction of sp³-hybridized carbons (Fsp3) is 0.588. The third-order valence-electron chi connectivity index (χ3n) is 4.62. The number of phenols is 1. The van der Waals surface area contributed by atoms with E-state index in [9.17, 15) is 9.90 Å². The highest BCUT2D eigenvalue weighted by molar-refractivity contribution is 5.94. The predicted molar refractivity (Wildman–Crippen MR) is 82.5 cm³/mol. The highest BCUT2D eigenvalue weighted by Crippen LogP contribution is 2.28. The molecule has 21 heavy (non-hydrogen) atoms. The average molecular weight is 288 g/mol. The van der Waals surface area contributed by atoms with E-state index in [4.69, 9.17) is 0 Å². The lowest BCUT2D eigenvalue weighted by atomic mass is 10.0. The zero-order valence-corrected chi connectivity index (χ0v) is 12.6. The van der Waals surface area contributed by atoms with Crippen molar-refractivity contribution in [1.82, 2.24) is 10.2 Å². The number of aromatic hydroxyl groups is 1. The Kier molecular flexibility index (Phi) is 4.15.